The van der Waals surface area contributed by atoms with E-state index < -0.39 is 11.9 Å². The molecule has 8 heteroatoms. The maximum Gasteiger partial charge on any atom is 0.253 e. The van der Waals surface area contributed by atoms with E-state index in [1.165, 1.54) is 23.5 Å². The van der Waals surface area contributed by atoms with Gasteiger partial charge in [0.15, 0.2) is 0 Å². The van der Waals surface area contributed by atoms with E-state index in [-0.39, 0.29) is 22.4 Å². The summed E-state index contributed by atoms with van der Waals surface area (Å²) in [6.07, 6.45) is 0.508. The van der Waals surface area contributed by atoms with E-state index in [1.54, 1.807) is 12.1 Å². The van der Waals surface area contributed by atoms with Gasteiger partial charge in [0, 0.05) is 9.90 Å². The molecule has 140 valence electrons. The lowest BCUT2D eigenvalue weighted by Gasteiger charge is -2.20. The van der Waals surface area contributed by atoms with Crippen LogP contribution in [0.2, 0.25) is 14.4 Å². The van der Waals surface area contributed by atoms with Crippen LogP contribution in [0.3, 0.4) is 0 Å². The second-order valence-electron chi connectivity index (χ2n) is 6.20. The average molecular weight is 434 g/mol. The second kappa shape index (κ2) is 9.60. The Kier molecular flexibility index (Phi) is 7.77. The number of rotatable bonds is 7. The molecule has 26 heavy (non-hydrogen) atoms. The van der Waals surface area contributed by atoms with Crippen molar-refractivity contribution in [3.05, 3.63) is 55.2 Å². The highest BCUT2D eigenvalue weighted by Gasteiger charge is 2.23. The molecule has 1 unspecified atom stereocenters. The molecular weight excluding hydrogens is 415 g/mol. The zero-order valence-corrected chi connectivity index (χ0v) is 17.4. The van der Waals surface area contributed by atoms with Crippen LogP contribution in [-0.4, -0.2) is 17.9 Å². The van der Waals surface area contributed by atoms with E-state index in [4.69, 9.17) is 34.8 Å². The van der Waals surface area contributed by atoms with Gasteiger partial charge in [0.05, 0.1) is 21.5 Å². The van der Waals surface area contributed by atoms with E-state index in [0.717, 1.165) is 4.88 Å². The minimum absolute atomic E-state index is 0.225. The molecule has 4 nitrogen and oxygen atoms in total. The van der Waals surface area contributed by atoms with E-state index >= 15 is 0 Å². The number of halogens is 3. The molecule has 0 bridgehead atoms. The molecule has 2 N–H and O–H groups in total. The van der Waals surface area contributed by atoms with Gasteiger partial charge < -0.3 is 10.6 Å². The van der Waals surface area contributed by atoms with Crippen LogP contribution in [-0.2, 0) is 11.3 Å². The first kappa shape index (κ1) is 21.0. The van der Waals surface area contributed by atoms with Gasteiger partial charge in [-0.25, -0.2) is 0 Å². The summed E-state index contributed by atoms with van der Waals surface area (Å²) in [5.41, 5.74) is 0.280. The maximum absolute atomic E-state index is 12.6. The summed E-state index contributed by atoms with van der Waals surface area (Å²) >= 11 is 19.2. The summed E-state index contributed by atoms with van der Waals surface area (Å²) in [4.78, 5) is 26.0. The number of hydrogen-bond donors (Lipinski definition) is 2. The van der Waals surface area contributed by atoms with Crippen LogP contribution in [0.25, 0.3) is 0 Å². The van der Waals surface area contributed by atoms with Crippen molar-refractivity contribution in [3.8, 4) is 0 Å². The van der Waals surface area contributed by atoms with Crippen molar-refractivity contribution >= 4 is 58.0 Å². The number of carbonyl (C=O) groups excluding carboxylic acids is 2. The van der Waals surface area contributed by atoms with Crippen molar-refractivity contribution in [1.29, 1.82) is 0 Å². The van der Waals surface area contributed by atoms with Crippen molar-refractivity contribution in [1.82, 2.24) is 10.6 Å². The van der Waals surface area contributed by atoms with E-state index in [2.05, 4.69) is 10.6 Å². The third kappa shape index (κ3) is 6.16. The van der Waals surface area contributed by atoms with Crippen molar-refractivity contribution in [2.24, 2.45) is 5.92 Å². The number of thiophene rings is 1. The molecule has 2 aromatic rings. The van der Waals surface area contributed by atoms with Crippen LogP contribution in [0.15, 0.2) is 30.3 Å². The molecule has 0 saturated carbocycles. The van der Waals surface area contributed by atoms with Gasteiger partial charge in [-0.3, -0.25) is 9.59 Å². The van der Waals surface area contributed by atoms with Gasteiger partial charge in [-0.2, -0.15) is 0 Å². The highest BCUT2D eigenvalue weighted by Crippen LogP contribution is 2.22. The molecule has 0 aliphatic rings. The van der Waals surface area contributed by atoms with Crippen molar-refractivity contribution in [2.75, 3.05) is 0 Å². The van der Waals surface area contributed by atoms with E-state index in [9.17, 15) is 9.59 Å². The molecule has 1 atom stereocenters. The molecule has 2 amide bonds. The van der Waals surface area contributed by atoms with E-state index in [1.807, 2.05) is 19.9 Å². The smallest absolute Gasteiger partial charge is 0.253 e. The lowest BCUT2D eigenvalue weighted by molar-refractivity contribution is -0.123. The molecule has 0 aliphatic heterocycles. The molecule has 1 heterocycles. The minimum Gasteiger partial charge on any atom is -0.349 e. The third-order valence-corrected chi connectivity index (χ3v) is 5.35. The molecule has 0 fully saturated rings. The Morgan fingerprint density at radius 1 is 1.12 bits per heavy atom. The van der Waals surface area contributed by atoms with Crippen LogP contribution < -0.4 is 10.6 Å². The largest absolute Gasteiger partial charge is 0.349 e. The van der Waals surface area contributed by atoms with Crippen LogP contribution in [0.5, 0.6) is 0 Å². The average Bonchev–Trinajstić information content (AvgIpc) is 2.96. The van der Waals surface area contributed by atoms with Crippen molar-refractivity contribution in [2.45, 2.75) is 32.9 Å². The van der Waals surface area contributed by atoms with Crippen LogP contribution in [0, 0.1) is 5.92 Å². The molecule has 0 aliphatic carbocycles. The molecule has 0 spiro atoms. The Bertz CT molecular complexity index is 792. The molecule has 1 aromatic carbocycles. The van der Waals surface area contributed by atoms with Crippen molar-refractivity contribution < 1.29 is 9.59 Å². The number of carbonyl (C=O) groups is 2. The van der Waals surface area contributed by atoms with Gasteiger partial charge in [0.1, 0.15) is 6.04 Å². The van der Waals surface area contributed by atoms with E-state index in [0.29, 0.717) is 22.3 Å². The summed E-state index contributed by atoms with van der Waals surface area (Å²) in [6, 6.07) is 7.60. The van der Waals surface area contributed by atoms with Gasteiger partial charge in [-0.15, -0.1) is 11.3 Å². The van der Waals surface area contributed by atoms with Gasteiger partial charge in [0.25, 0.3) is 5.91 Å². The normalized spacial score (nSPS) is 12.1. The number of hydrogen-bond acceptors (Lipinski definition) is 3. The second-order valence-corrected chi connectivity index (χ2v) is 8.85. The highest BCUT2D eigenvalue weighted by atomic mass is 35.5. The molecule has 1 aromatic heterocycles. The Morgan fingerprint density at radius 3 is 2.42 bits per heavy atom. The zero-order chi connectivity index (χ0) is 19.3. The van der Waals surface area contributed by atoms with Gasteiger partial charge in [0.2, 0.25) is 5.91 Å². The summed E-state index contributed by atoms with van der Waals surface area (Å²) < 4.78 is 0.665. The molecular formula is C18H19Cl3N2O2S. The first-order valence-electron chi connectivity index (χ1n) is 8.04. The Hall–Kier alpha value is -1.27. The summed E-state index contributed by atoms with van der Waals surface area (Å²) in [7, 11) is 0. The number of amides is 2. The maximum atomic E-state index is 12.6. The molecule has 2 rings (SSSR count). The lowest BCUT2D eigenvalue weighted by Crippen LogP contribution is -2.47. The fourth-order valence-electron chi connectivity index (χ4n) is 2.36. The fraction of sp³-hybridized carbons (Fsp3) is 0.333. The monoisotopic (exact) mass is 432 g/mol. The predicted molar refractivity (Wildman–Crippen MR) is 108 cm³/mol. The SMILES string of the molecule is CC(C)CC(NC(=O)c1ccc(Cl)cc1Cl)C(=O)NCc1ccc(Cl)s1. The summed E-state index contributed by atoms with van der Waals surface area (Å²) in [6.45, 7) is 4.34. The predicted octanol–water partition coefficient (Wildman–Crippen LogP) is 5.17. The fourth-order valence-corrected chi connectivity index (χ4v) is 3.88. The van der Waals surface area contributed by atoms with Crippen molar-refractivity contribution in [3.63, 3.8) is 0 Å². The Balaban J connectivity index is 2.05. The lowest BCUT2D eigenvalue weighted by atomic mass is 10.0. The van der Waals surface area contributed by atoms with Gasteiger partial charge >= 0.3 is 0 Å². The first-order chi connectivity index (χ1) is 12.3. The van der Waals surface area contributed by atoms with Crippen LogP contribution in [0.1, 0.15) is 35.5 Å². The third-order valence-electron chi connectivity index (χ3n) is 3.57. The van der Waals surface area contributed by atoms with Gasteiger partial charge in [-0.1, -0.05) is 48.7 Å². The molecule has 0 saturated heterocycles. The van der Waals surface area contributed by atoms with Crippen LogP contribution >= 0.6 is 46.1 Å². The topological polar surface area (TPSA) is 58.2 Å². The summed E-state index contributed by atoms with van der Waals surface area (Å²) in [5.74, 6) is -0.434. The zero-order valence-electron chi connectivity index (χ0n) is 14.3. The highest BCUT2D eigenvalue weighted by molar-refractivity contribution is 7.16. The number of benzene rings is 1. The Labute approximate surface area is 171 Å². The first-order valence-corrected chi connectivity index (χ1v) is 9.99. The van der Waals surface area contributed by atoms with Crippen LogP contribution in [0.4, 0.5) is 0 Å². The Morgan fingerprint density at radius 2 is 1.85 bits per heavy atom. The number of nitrogens with one attached hydrogen (secondary N) is 2. The van der Waals surface area contributed by atoms with Gasteiger partial charge in [-0.05, 0) is 42.7 Å². The quantitative estimate of drug-likeness (QED) is 0.633. The molecule has 0 radical (unpaired) electrons. The minimum atomic E-state index is -0.662. The summed E-state index contributed by atoms with van der Waals surface area (Å²) in [5, 5.41) is 6.29. The standard InChI is InChI=1S/C18H19Cl3N2O2S/c1-10(2)7-15(18(25)22-9-12-4-6-16(21)26-12)23-17(24)13-5-3-11(19)8-14(13)20/h3-6,8,10,15H,7,9H2,1-2H3,(H,22,25)(H,23,24).